The third kappa shape index (κ3) is 1.93. The van der Waals surface area contributed by atoms with Crippen molar-refractivity contribution in [2.24, 2.45) is 0 Å². The van der Waals surface area contributed by atoms with Crippen molar-refractivity contribution in [3.63, 3.8) is 0 Å². The lowest BCUT2D eigenvalue weighted by molar-refractivity contribution is -0.145. The lowest BCUT2D eigenvalue weighted by Gasteiger charge is -2.19. The lowest BCUT2D eigenvalue weighted by Crippen LogP contribution is -2.25. The second-order valence-corrected chi connectivity index (χ2v) is 4.40. The molecule has 0 saturated carbocycles. The molecule has 1 aliphatic carbocycles. The van der Waals surface area contributed by atoms with E-state index in [1.807, 2.05) is 17.1 Å². The Morgan fingerprint density at radius 1 is 1.16 bits per heavy atom. The Morgan fingerprint density at radius 3 is 2.63 bits per heavy atom. The average Bonchev–Trinajstić information content (AvgIpc) is 2.37. The van der Waals surface area contributed by atoms with Crippen molar-refractivity contribution < 1.29 is 13.2 Å². The largest absolute Gasteiger partial charge is 0.449 e. The van der Waals surface area contributed by atoms with Gasteiger partial charge >= 0.3 is 6.18 Å². The second-order valence-electron chi connectivity index (χ2n) is 4.40. The molecule has 98 valence electrons. The number of alkyl halides is 3. The van der Waals surface area contributed by atoms with Crippen LogP contribution < -0.4 is 5.56 Å². The van der Waals surface area contributed by atoms with Crippen molar-refractivity contribution in [1.29, 1.82) is 0 Å². The van der Waals surface area contributed by atoms with Crippen molar-refractivity contribution in [2.45, 2.75) is 19.0 Å². The zero-order chi connectivity index (χ0) is 13.6. The first-order valence-corrected chi connectivity index (χ1v) is 5.75. The van der Waals surface area contributed by atoms with Gasteiger partial charge in [0.1, 0.15) is 0 Å². The van der Waals surface area contributed by atoms with Gasteiger partial charge in [0.15, 0.2) is 0 Å². The van der Waals surface area contributed by atoms with E-state index in [4.69, 9.17) is 0 Å². The van der Waals surface area contributed by atoms with Crippen LogP contribution in [0.5, 0.6) is 0 Å². The summed E-state index contributed by atoms with van der Waals surface area (Å²) in [5.41, 5.74) is 1.30. The summed E-state index contributed by atoms with van der Waals surface area (Å²) in [7, 11) is 0. The Hall–Kier alpha value is -2.11. The van der Waals surface area contributed by atoms with Crippen LogP contribution in [0.3, 0.4) is 0 Å². The molecule has 3 rings (SSSR count). The summed E-state index contributed by atoms with van der Waals surface area (Å²) < 4.78 is 38.0. The number of benzene rings is 1. The lowest BCUT2D eigenvalue weighted by atomic mass is 9.90. The van der Waals surface area contributed by atoms with Crippen molar-refractivity contribution in [2.75, 3.05) is 0 Å². The molecule has 1 heterocycles. The molecule has 1 aliphatic rings. The Bertz CT molecular complexity index is 704. The minimum absolute atomic E-state index is 0.151. The van der Waals surface area contributed by atoms with Gasteiger partial charge in [-0.1, -0.05) is 24.3 Å². The standard InChI is InChI=1S/C13H9F3N2O/c14-13(15,16)12-17-10-8-4-2-1-3-7(8)5-6-9(10)11(19)18-12/h1-4H,5-6H2,(H,17,18,19). The number of nitrogens with one attached hydrogen (secondary N) is 1. The maximum atomic E-state index is 12.7. The number of rotatable bonds is 0. The van der Waals surface area contributed by atoms with Crippen LogP contribution in [0.2, 0.25) is 0 Å². The van der Waals surface area contributed by atoms with Crippen LogP contribution in [0.4, 0.5) is 13.2 Å². The molecule has 0 amide bonds. The zero-order valence-corrected chi connectivity index (χ0v) is 9.71. The number of halogens is 3. The van der Waals surface area contributed by atoms with Gasteiger partial charge in [-0.15, -0.1) is 0 Å². The Labute approximate surface area is 106 Å². The van der Waals surface area contributed by atoms with Crippen molar-refractivity contribution in [1.82, 2.24) is 9.97 Å². The highest BCUT2D eigenvalue weighted by molar-refractivity contribution is 5.69. The van der Waals surface area contributed by atoms with Gasteiger partial charge in [-0.25, -0.2) is 4.98 Å². The van der Waals surface area contributed by atoms with E-state index in [-0.39, 0.29) is 5.69 Å². The minimum Gasteiger partial charge on any atom is -0.303 e. The van der Waals surface area contributed by atoms with Crippen LogP contribution in [0.15, 0.2) is 29.1 Å². The number of hydrogen-bond acceptors (Lipinski definition) is 2. The summed E-state index contributed by atoms with van der Waals surface area (Å²) in [5.74, 6) is -1.24. The van der Waals surface area contributed by atoms with Gasteiger partial charge in [0.05, 0.1) is 5.69 Å². The van der Waals surface area contributed by atoms with E-state index in [9.17, 15) is 18.0 Å². The summed E-state index contributed by atoms with van der Waals surface area (Å²) in [6.07, 6.45) is -3.60. The first-order valence-electron chi connectivity index (χ1n) is 5.75. The van der Waals surface area contributed by atoms with E-state index >= 15 is 0 Å². The number of aromatic nitrogens is 2. The van der Waals surface area contributed by atoms with E-state index in [1.54, 1.807) is 12.1 Å². The molecule has 0 spiro atoms. The molecule has 6 heteroatoms. The highest BCUT2D eigenvalue weighted by atomic mass is 19.4. The van der Waals surface area contributed by atoms with Gasteiger partial charge in [-0.05, 0) is 18.4 Å². The molecule has 0 saturated heterocycles. The minimum atomic E-state index is -4.65. The van der Waals surface area contributed by atoms with E-state index in [1.165, 1.54) is 0 Å². The fourth-order valence-corrected chi connectivity index (χ4v) is 2.32. The first kappa shape index (κ1) is 12.0. The van der Waals surface area contributed by atoms with Gasteiger partial charge in [-0.2, -0.15) is 13.2 Å². The molecular weight excluding hydrogens is 257 g/mol. The SMILES string of the molecule is O=c1[nH]c(C(F)(F)F)nc2c1CCc1ccccc1-2. The smallest absolute Gasteiger partial charge is 0.303 e. The molecule has 1 N–H and O–H groups in total. The molecule has 0 unspecified atom stereocenters. The number of H-pyrrole nitrogens is 1. The number of nitrogens with zero attached hydrogens (tertiary/aromatic N) is 1. The Kier molecular flexibility index (Phi) is 2.48. The third-order valence-electron chi connectivity index (χ3n) is 3.20. The number of fused-ring (bicyclic) bond motifs is 3. The normalized spacial score (nSPS) is 13.8. The highest BCUT2D eigenvalue weighted by Gasteiger charge is 2.36. The molecule has 0 fully saturated rings. The van der Waals surface area contributed by atoms with E-state index in [0.717, 1.165) is 5.56 Å². The molecule has 0 aliphatic heterocycles. The molecule has 1 aromatic heterocycles. The Morgan fingerprint density at radius 2 is 1.89 bits per heavy atom. The van der Waals surface area contributed by atoms with Crippen molar-refractivity contribution >= 4 is 0 Å². The topological polar surface area (TPSA) is 45.8 Å². The monoisotopic (exact) mass is 266 g/mol. The van der Waals surface area contributed by atoms with Crippen molar-refractivity contribution in [3.8, 4) is 11.3 Å². The van der Waals surface area contributed by atoms with Crippen LogP contribution >= 0.6 is 0 Å². The predicted molar refractivity (Wildman–Crippen MR) is 62.7 cm³/mol. The van der Waals surface area contributed by atoms with E-state index in [0.29, 0.717) is 24.0 Å². The van der Waals surface area contributed by atoms with Gasteiger partial charge in [-0.3, -0.25) is 4.79 Å². The van der Waals surface area contributed by atoms with E-state index < -0.39 is 17.6 Å². The molecule has 1 aromatic carbocycles. The molecule has 0 radical (unpaired) electrons. The molecule has 19 heavy (non-hydrogen) atoms. The van der Waals surface area contributed by atoms with Crippen LogP contribution in [-0.4, -0.2) is 9.97 Å². The average molecular weight is 266 g/mol. The number of hydrogen-bond donors (Lipinski definition) is 1. The fraction of sp³-hybridized carbons (Fsp3) is 0.231. The summed E-state index contributed by atoms with van der Waals surface area (Å²) in [5, 5.41) is 0. The van der Waals surface area contributed by atoms with Gasteiger partial charge in [0, 0.05) is 11.1 Å². The highest BCUT2D eigenvalue weighted by Crippen LogP contribution is 2.32. The first-order chi connectivity index (χ1) is 8.97. The van der Waals surface area contributed by atoms with Gasteiger partial charge in [0.2, 0.25) is 5.82 Å². The zero-order valence-electron chi connectivity index (χ0n) is 9.71. The summed E-state index contributed by atoms with van der Waals surface area (Å²) in [6.45, 7) is 0. The summed E-state index contributed by atoms with van der Waals surface area (Å²) >= 11 is 0. The number of aryl methyl sites for hydroxylation is 1. The maximum Gasteiger partial charge on any atom is 0.449 e. The fourth-order valence-electron chi connectivity index (χ4n) is 2.32. The van der Waals surface area contributed by atoms with Crippen LogP contribution in [0.1, 0.15) is 17.0 Å². The molecule has 2 aromatic rings. The summed E-state index contributed by atoms with van der Waals surface area (Å²) in [6, 6.07) is 7.08. The summed E-state index contributed by atoms with van der Waals surface area (Å²) in [4.78, 5) is 17.2. The van der Waals surface area contributed by atoms with E-state index in [2.05, 4.69) is 4.98 Å². The van der Waals surface area contributed by atoms with Crippen LogP contribution in [-0.2, 0) is 19.0 Å². The van der Waals surface area contributed by atoms with Crippen LogP contribution in [0, 0.1) is 0 Å². The molecule has 0 bridgehead atoms. The maximum absolute atomic E-state index is 12.7. The van der Waals surface area contributed by atoms with Crippen LogP contribution in [0.25, 0.3) is 11.3 Å². The Balaban J connectivity index is 2.29. The van der Waals surface area contributed by atoms with Gasteiger partial charge in [0.25, 0.3) is 5.56 Å². The molecule has 3 nitrogen and oxygen atoms in total. The predicted octanol–water partition coefficient (Wildman–Crippen LogP) is 2.55. The molecular formula is C13H9F3N2O. The van der Waals surface area contributed by atoms with Crippen molar-refractivity contribution in [3.05, 3.63) is 51.6 Å². The number of aromatic amines is 1. The molecule has 0 atom stereocenters. The second kappa shape index (κ2) is 3.94. The van der Waals surface area contributed by atoms with Gasteiger partial charge < -0.3 is 4.98 Å². The third-order valence-corrected chi connectivity index (χ3v) is 3.20. The quantitative estimate of drug-likeness (QED) is 0.796.